The Hall–Kier alpha value is -2.68. The Morgan fingerprint density at radius 3 is 2.89 bits per heavy atom. The summed E-state index contributed by atoms with van der Waals surface area (Å²) in [5, 5.41) is 8.83. The van der Waals surface area contributed by atoms with Gasteiger partial charge in [-0.3, -0.25) is 4.79 Å². The van der Waals surface area contributed by atoms with Gasteiger partial charge in [-0.05, 0) is 19.1 Å². The minimum Gasteiger partial charge on any atom is -0.347 e. The molecule has 96 valence electrons. The third-order valence-corrected chi connectivity index (χ3v) is 2.71. The third kappa shape index (κ3) is 2.77. The van der Waals surface area contributed by atoms with Crippen molar-refractivity contribution >= 4 is 5.91 Å². The van der Waals surface area contributed by atoms with E-state index >= 15 is 0 Å². The van der Waals surface area contributed by atoms with E-state index in [0.29, 0.717) is 29.3 Å². The summed E-state index contributed by atoms with van der Waals surface area (Å²) in [5.41, 5.74) is 1.36. The number of H-pyrrole nitrogens is 1. The lowest BCUT2D eigenvalue weighted by atomic mass is 10.2. The smallest absolute Gasteiger partial charge is 0.272 e. The molecule has 1 N–H and O–H groups in total. The van der Waals surface area contributed by atoms with Crippen LogP contribution in [0.25, 0.3) is 0 Å². The Kier molecular flexibility index (Phi) is 3.57. The maximum Gasteiger partial charge on any atom is 0.272 e. The van der Waals surface area contributed by atoms with Crippen molar-refractivity contribution in [2.75, 3.05) is 7.05 Å². The second kappa shape index (κ2) is 5.31. The Balaban J connectivity index is 2.15. The first-order valence-corrected chi connectivity index (χ1v) is 5.73. The zero-order valence-corrected chi connectivity index (χ0v) is 10.7. The van der Waals surface area contributed by atoms with Gasteiger partial charge in [0.1, 0.15) is 17.6 Å². The van der Waals surface area contributed by atoms with E-state index in [2.05, 4.69) is 15.0 Å². The molecule has 6 nitrogen and oxygen atoms in total. The van der Waals surface area contributed by atoms with E-state index in [0.717, 1.165) is 0 Å². The first-order chi connectivity index (χ1) is 9.11. The lowest BCUT2D eigenvalue weighted by molar-refractivity contribution is 0.0776. The molecule has 2 aromatic heterocycles. The molecule has 0 aliphatic rings. The van der Waals surface area contributed by atoms with E-state index in [1.54, 1.807) is 38.5 Å². The van der Waals surface area contributed by atoms with Crippen molar-refractivity contribution in [1.82, 2.24) is 19.9 Å². The van der Waals surface area contributed by atoms with Crippen molar-refractivity contribution in [3.63, 3.8) is 0 Å². The van der Waals surface area contributed by atoms with Gasteiger partial charge in [-0.15, -0.1) is 0 Å². The van der Waals surface area contributed by atoms with E-state index in [4.69, 9.17) is 5.26 Å². The van der Waals surface area contributed by atoms with Crippen LogP contribution in [0.3, 0.4) is 0 Å². The number of rotatable bonds is 3. The number of nitriles is 1. The van der Waals surface area contributed by atoms with Gasteiger partial charge in [0.15, 0.2) is 0 Å². The molecule has 0 saturated heterocycles. The van der Waals surface area contributed by atoms with Crippen LogP contribution in [-0.2, 0) is 6.54 Å². The topological polar surface area (TPSA) is 85.7 Å². The summed E-state index contributed by atoms with van der Waals surface area (Å²) in [6.45, 7) is 2.09. The highest BCUT2D eigenvalue weighted by atomic mass is 16.2. The molecule has 0 bridgehead atoms. The van der Waals surface area contributed by atoms with Gasteiger partial charge in [-0.1, -0.05) is 0 Å². The fourth-order valence-electron chi connectivity index (χ4n) is 1.67. The lowest BCUT2D eigenvalue weighted by Crippen LogP contribution is -2.27. The van der Waals surface area contributed by atoms with E-state index in [-0.39, 0.29) is 5.91 Å². The van der Waals surface area contributed by atoms with Gasteiger partial charge in [-0.25, -0.2) is 9.97 Å². The van der Waals surface area contributed by atoms with Crippen molar-refractivity contribution in [2.24, 2.45) is 0 Å². The highest BCUT2D eigenvalue weighted by Crippen LogP contribution is 2.08. The van der Waals surface area contributed by atoms with Gasteiger partial charge in [0, 0.05) is 19.4 Å². The number of nitrogens with one attached hydrogen (secondary N) is 1. The first kappa shape index (κ1) is 12.8. The maximum absolute atomic E-state index is 12.2. The number of pyridine rings is 1. The van der Waals surface area contributed by atoms with E-state index in [1.165, 1.54) is 4.90 Å². The molecule has 0 aliphatic heterocycles. The second-order valence-electron chi connectivity index (χ2n) is 4.14. The van der Waals surface area contributed by atoms with E-state index in [1.807, 2.05) is 6.07 Å². The highest BCUT2D eigenvalue weighted by Gasteiger charge is 2.15. The van der Waals surface area contributed by atoms with Crippen molar-refractivity contribution < 1.29 is 4.79 Å². The third-order valence-electron chi connectivity index (χ3n) is 2.71. The summed E-state index contributed by atoms with van der Waals surface area (Å²) in [4.78, 5) is 24.8. The summed E-state index contributed by atoms with van der Waals surface area (Å²) in [6, 6.07) is 5.19. The largest absolute Gasteiger partial charge is 0.347 e. The number of aryl methyl sites for hydroxylation is 1. The average Bonchev–Trinajstić information content (AvgIpc) is 2.90. The predicted octanol–water partition coefficient (Wildman–Crippen LogP) is 1.26. The maximum atomic E-state index is 12.2. The average molecular weight is 255 g/mol. The quantitative estimate of drug-likeness (QED) is 0.894. The first-order valence-electron chi connectivity index (χ1n) is 5.73. The molecule has 2 rings (SSSR count). The Labute approximate surface area is 110 Å². The number of hydrogen-bond acceptors (Lipinski definition) is 4. The van der Waals surface area contributed by atoms with Crippen LogP contribution in [0.1, 0.15) is 27.6 Å². The number of aromatic amines is 1. The molecule has 0 saturated carbocycles. The van der Waals surface area contributed by atoms with Gasteiger partial charge in [-0.2, -0.15) is 5.26 Å². The van der Waals surface area contributed by atoms with Crippen LogP contribution in [-0.4, -0.2) is 32.8 Å². The van der Waals surface area contributed by atoms with Crippen LogP contribution in [0.2, 0.25) is 0 Å². The van der Waals surface area contributed by atoms with E-state index in [9.17, 15) is 4.79 Å². The summed E-state index contributed by atoms with van der Waals surface area (Å²) >= 11 is 0. The van der Waals surface area contributed by atoms with Gasteiger partial charge in [0.25, 0.3) is 5.91 Å². The monoisotopic (exact) mass is 255 g/mol. The van der Waals surface area contributed by atoms with Crippen molar-refractivity contribution in [3.05, 3.63) is 47.3 Å². The normalized spacial score (nSPS) is 9.95. The number of amides is 1. The summed E-state index contributed by atoms with van der Waals surface area (Å²) in [7, 11) is 1.68. The van der Waals surface area contributed by atoms with Crippen LogP contribution >= 0.6 is 0 Å². The number of nitrogens with zero attached hydrogens (tertiary/aromatic N) is 4. The molecule has 0 aliphatic carbocycles. The molecule has 0 fully saturated rings. The Morgan fingerprint density at radius 2 is 2.32 bits per heavy atom. The molecule has 2 heterocycles. The standard InChI is InChI=1S/C13H13N5O/c1-9-10(7-14)3-4-11(17-9)13(19)18(2)8-12-15-5-6-16-12/h3-6H,8H2,1-2H3,(H,15,16). The summed E-state index contributed by atoms with van der Waals surface area (Å²) in [6.07, 6.45) is 3.34. The minimum atomic E-state index is -0.205. The van der Waals surface area contributed by atoms with Crippen LogP contribution < -0.4 is 0 Å². The summed E-state index contributed by atoms with van der Waals surface area (Å²) < 4.78 is 0. The fourth-order valence-corrected chi connectivity index (χ4v) is 1.67. The molecule has 0 aromatic carbocycles. The van der Waals surface area contributed by atoms with Crippen LogP contribution in [0.15, 0.2) is 24.5 Å². The molecule has 0 unspecified atom stereocenters. The van der Waals surface area contributed by atoms with E-state index < -0.39 is 0 Å². The van der Waals surface area contributed by atoms with Crippen molar-refractivity contribution in [2.45, 2.75) is 13.5 Å². The van der Waals surface area contributed by atoms with Crippen molar-refractivity contribution in [3.8, 4) is 6.07 Å². The number of aromatic nitrogens is 3. The lowest BCUT2D eigenvalue weighted by Gasteiger charge is -2.15. The fraction of sp³-hybridized carbons (Fsp3) is 0.231. The minimum absolute atomic E-state index is 0.205. The zero-order valence-electron chi connectivity index (χ0n) is 10.7. The molecular formula is C13H13N5O. The van der Waals surface area contributed by atoms with Crippen molar-refractivity contribution in [1.29, 1.82) is 5.26 Å². The van der Waals surface area contributed by atoms with Crippen LogP contribution in [0.4, 0.5) is 0 Å². The number of carbonyl (C=O) groups excluding carboxylic acids is 1. The molecule has 1 amide bonds. The van der Waals surface area contributed by atoms with Gasteiger partial charge in [0.05, 0.1) is 17.8 Å². The van der Waals surface area contributed by atoms with Crippen LogP contribution in [0, 0.1) is 18.3 Å². The zero-order chi connectivity index (χ0) is 13.8. The molecular weight excluding hydrogens is 242 g/mol. The van der Waals surface area contributed by atoms with Gasteiger partial charge >= 0.3 is 0 Å². The molecule has 0 atom stereocenters. The van der Waals surface area contributed by atoms with Gasteiger partial charge < -0.3 is 9.88 Å². The number of imidazole rings is 1. The Bertz CT molecular complexity index is 627. The van der Waals surface area contributed by atoms with Gasteiger partial charge in [0.2, 0.25) is 0 Å². The highest BCUT2D eigenvalue weighted by molar-refractivity contribution is 5.92. The molecule has 2 aromatic rings. The molecule has 6 heteroatoms. The number of carbonyl (C=O) groups is 1. The number of hydrogen-bond donors (Lipinski definition) is 1. The van der Waals surface area contributed by atoms with Crippen LogP contribution in [0.5, 0.6) is 0 Å². The second-order valence-corrected chi connectivity index (χ2v) is 4.14. The molecule has 0 radical (unpaired) electrons. The summed E-state index contributed by atoms with van der Waals surface area (Å²) in [5.74, 6) is 0.505. The SMILES string of the molecule is Cc1nc(C(=O)N(C)Cc2ncc[nH]2)ccc1C#N. The molecule has 0 spiro atoms. The molecule has 19 heavy (non-hydrogen) atoms. The Morgan fingerprint density at radius 1 is 1.53 bits per heavy atom. The predicted molar refractivity (Wildman–Crippen MR) is 68.1 cm³/mol.